The van der Waals surface area contributed by atoms with Crippen molar-refractivity contribution in [2.45, 2.75) is 142 Å². The molecule has 2 unspecified atom stereocenters. The summed E-state index contributed by atoms with van der Waals surface area (Å²) >= 11 is 0. The van der Waals surface area contributed by atoms with E-state index in [2.05, 4.69) is 61.8 Å². The monoisotopic (exact) mass is 742 g/mol. The van der Waals surface area contributed by atoms with Crippen LogP contribution in [0.1, 0.15) is 124 Å². The van der Waals surface area contributed by atoms with Crippen LogP contribution in [0.25, 0.3) is 0 Å². The Morgan fingerprint density at radius 2 is 1.25 bits per heavy atom. The smallest absolute Gasteiger partial charge is 0.462 e. The highest BCUT2D eigenvalue weighted by Crippen LogP contribution is 2.43. The fraction of sp³-hybridized carbons (Fsp3) is 0.692. The van der Waals surface area contributed by atoms with E-state index in [0.717, 1.165) is 50.9 Å². The van der Waals surface area contributed by atoms with Crippen LogP contribution in [0.4, 0.5) is 0 Å². The molecule has 0 aliphatic heterocycles. The molecule has 0 radical (unpaired) electrons. The summed E-state index contributed by atoms with van der Waals surface area (Å²) < 4.78 is 32.4. The summed E-state index contributed by atoms with van der Waals surface area (Å²) in [6, 6.07) is 0. The highest BCUT2D eigenvalue weighted by Gasteiger charge is 2.27. The number of unbranched alkanes of at least 4 members (excludes halogenated alkanes) is 6. The number of carbonyl (C=O) groups excluding carboxylic acids is 2. The van der Waals surface area contributed by atoms with Crippen LogP contribution < -0.4 is 0 Å². The third-order valence-corrected chi connectivity index (χ3v) is 8.42. The average molecular weight is 743 g/mol. The zero-order valence-electron chi connectivity index (χ0n) is 31.3. The number of aliphatic hydroxyl groups excluding tert-OH is 3. The van der Waals surface area contributed by atoms with Gasteiger partial charge in [-0.05, 0) is 50.9 Å². The van der Waals surface area contributed by atoms with Crippen LogP contribution in [0.15, 0.2) is 60.8 Å². The molecule has 0 rings (SSSR count). The van der Waals surface area contributed by atoms with E-state index in [4.69, 9.17) is 19.1 Å². The molecule has 0 spiro atoms. The van der Waals surface area contributed by atoms with Gasteiger partial charge >= 0.3 is 19.8 Å². The topological polar surface area (TPSA) is 169 Å². The normalized spacial score (nSPS) is 15.5. The van der Waals surface area contributed by atoms with Gasteiger partial charge in [0, 0.05) is 12.8 Å². The van der Waals surface area contributed by atoms with E-state index >= 15 is 0 Å². The zero-order valence-corrected chi connectivity index (χ0v) is 32.2. The molecule has 0 aromatic heterocycles. The van der Waals surface area contributed by atoms with E-state index in [1.165, 1.54) is 25.7 Å². The molecular formula is C39H67O11P. The van der Waals surface area contributed by atoms with Gasteiger partial charge in [0.25, 0.3) is 0 Å². The molecule has 0 bridgehead atoms. The molecule has 12 heteroatoms. The van der Waals surface area contributed by atoms with Crippen molar-refractivity contribution in [1.82, 2.24) is 0 Å². The highest BCUT2D eigenvalue weighted by molar-refractivity contribution is 7.47. The Morgan fingerprint density at radius 1 is 0.686 bits per heavy atom. The Balaban J connectivity index is 4.62. The molecule has 0 saturated carbocycles. The van der Waals surface area contributed by atoms with Gasteiger partial charge in [-0.3, -0.25) is 18.6 Å². The first-order valence-corrected chi connectivity index (χ1v) is 20.2. The van der Waals surface area contributed by atoms with Crippen molar-refractivity contribution in [2.75, 3.05) is 26.4 Å². The van der Waals surface area contributed by atoms with Crippen LogP contribution in [0.5, 0.6) is 0 Å². The number of ether oxygens (including phenoxy) is 2. The zero-order chi connectivity index (χ0) is 38.0. The number of hydrogen-bond acceptors (Lipinski definition) is 10. The lowest BCUT2D eigenvalue weighted by molar-refractivity contribution is -0.161. The minimum atomic E-state index is -4.67. The minimum absolute atomic E-state index is 0.0488. The molecule has 0 fully saturated rings. The van der Waals surface area contributed by atoms with Crippen LogP contribution in [-0.4, -0.2) is 76.9 Å². The predicted molar refractivity (Wildman–Crippen MR) is 202 cm³/mol. The summed E-state index contributed by atoms with van der Waals surface area (Å²) in [6.45, 7) is 4.24. The maximum absolute atomic E-state index is 12.5. The lowest BCUT2D eigenvalue weighted by Crippen LogP contribution is -2.30. The second-order valence-electron chi connectivity index (χ2n) is 12.9. The Labute approximate surface area is 307 Å². The molecular weight excluding hydrogens is 675 g/mol. The Hall–Kier alpha value is -2.37. The van der Waals surface area contributed by atoms with Gasteiger partial charge < -0.3 is 29.7 Å². The fourth-order valence-electron chi connectivity index (χ4n) is 4.56. The van der Waals surface area contributed by atoms with Gasteiger partial charge in [0.2, 0.25) is 0 Å². The molecule has 0 heterocycles. The van der Waals surface area contributed by atoms with Crippen molar-refractivity contribution in [1.29, 1.82) is 0 Å². The van der Waals surface area contributed by atoms with Crippen molar-refractivity contribution >= 4 is 19.8 Å². The van der Waals surface area contributed by atoms with Crippen molar-refractivity contribution < 1.29 is 52.9 Å². The Bertz CT molecular complexity index is 1070. The summed E-state index contributed by atoms with van der Waals surface area (Å²) in [5.74, 6) is -0.411. The molecule has 0 aromatic rings. The van der Waals surface area contributed by atoms with E-state index in [9.17, 15) is 29.3 Å². The number of hydrogen-bond donors (Lipinski definition) is 4. The molecule has 0 aromatic carbocycles. The maximum Gasteiger partial charge on any atom is 0.472 e. The van der Waals surface area contributed by atoms with E-state index in [1.807, 2.05) is 12.2 Å². The summed E-state index contributed by atoms with van der Waals surface area (Å²) in [5, 5.41) is 28.5. The second-order valence-corrected chi connectivity index (χ2v) is 14.4. The Kier molecular flexibility index (Phi) is 31.9. The largest absolute Gasteiger partial charge is 0.472 e. The van der Waals surface area contributed by atoms with Gasteiger partial charge in [-0.2, -0.15) is 0 Å². The number of phosphoric ester groups is 1. The van der Waals surface area contributed by atoms with Crippen molar-refractivity contribution in [2.24, 2.45) is 5.92 Å². The van der Waals surface area contributed by atoms with E-state index in [1.54, 1.807) is 12.2 Å². The summed E-state index contributed by atoms with van der Waals surface area (Å²) in [7, 11) is -4.67. The van der Waals surface area contributed by atoms with Crippen LogP contribution in [0, 0.1) is 5.92 Å². The third kappa shape index (κ3) is 34.5. The van der Waals surface area contributed by atoms with Gasteiger partial charge in [-0.25, -0.2) is 4.57 Å². The SMILES string of the molecule is CC/C=C\C/C=C\C/C=C\C/C=C\C=C\C(O)CCCC(=O)O[C@H](COC(=O)CCCCCCCCCC(C)C)COP(=O)(O)OC[C@@H](O)CO. The summed E-state index contributed by atoms with van der Waals surface area (Å²) in [4.78, 5) is 34.8. The number of esters is 2. The molecule has 0 aliphatic carbocycles. The number of rotatable bonds is 33. The average Bonchev–Trinajstić information content (AvgIpc) is 3.09. The van der Waals surface area contributed by atoms with Gasteiger partial charge in [0.1, 0.15) is 12.7 Å². The quantitative estimate of drug-likeness (QED) is 0.0169. The summed E-state index contributed by atoms with van der Waals surface area (Å²) in [6.07, 6.45) is 29.7. The molecule has 0 amide bonds. The first-order chi connectivity index (χ1) is 24.5. The van der Waals surface area contributed by atoms with Crippen LogP contribution >= 0.6 is 7.82 Å². The van der Waals surface area contributed by atoms with E-state index in [0.29, 0.717) is 19.3 Å². The van der Waals surface area contributed by atoms with Gasteiger partial charge in [-0.15, -0.1) is 0 Å². The second kappa shape index (κ2) is 33.5. The highest BCUT2D eigenvalue weighted by atomic mass is 31.2. The molecule has 51 heavy (non-hydrogen) atoms. The van der Waals surface area contributed by atoms with Crippen LogP contribution in [-0.2, 0) is 32.7 Å². The minimum Gasteiger partial charge on any atom is -0.462 e. The van der Waals surface area contributed by atoms with E-state index < -0.39 is 57.9 Å². The van der Waals surface area contributed by atoms with Gasteiger partial charge in [0.15, 0.2) is 6.10 Å². The number of aliphatic hydroxyl groups is 3. The molecule has 0 saturated heterocycles. The third-order valence-electron chi connectivity index (χ3n) is 7.47. The van der Waals surface area contributed by atoms with Crippen molar-refractivity contribution in [3.8, 4) is 0 Å². The molecule has 0 aliphatic rings. The lowest BCUT2D eigenvalue weighted by atomic mass is 10.0. The van der Waals surface area contributed by atoms with Crippen molar-refractivity contribution in [3.63, 3.8) is 0 Å². The molecule has 4 N–H and O–H groups in total. The number of phosphoric acid groups is 1. The maximum atomic E-state index is 12.5. The predicted octanol–water partition coefficient (Wildman–Crippen LogP) is 7.99. The first-order valence-electron chi connectivity index (χ1n) is 18.7. The standard InChI is InChI=1S/C39H67O11P/c1-4-5-6-7-8-9-10-11-12-13-16-19-22-26-35(41)27-24-29-39(44)50-37(33-49-51(45,46)48-31-36(42)30-40)32-47-38(43)28-23-20-17-14-15-18-21-25-34(2)3/h5-6,8-9,11-12,16,19,22,26,34-37,40-42H,4,7,10,13-15,17-18,20-21,23-25,27-33H2,1-3H3,(H,45,46)/b6-5-,9-8-,12-11-,19-16-,26-22+/t35?,36-,37+/m0/s1. The van der Waals surface area contributed by atoms with Crippen LogP contribution in [0.3, 0.4) is 0 Å². The van der Waals surface area contributed by atoms with Crippen LogP contribution in [0.2, 0.25) is 0 Å². The van der Waals surface area contributed by atoms with E-state index in [-0.39, 0.29) is 19.4 Å². The van der Waals surface area contributed by atoms with Gasteiger partial charge in [-0.1, -0.05) is 126 Å². The first kappa shape index (κ1) is 48.6. The lowest BCUT2D eigenvalue weighted by Gasteiger charge is -2.20. The molecule has 4 atom stereocenters. The number of allylic oxidation sites excluding steroid dienone is 9. The number of carbonyl (C=O) groups is 2. The fourth-order valence-corrected chi connectivity index (χ4v) is 5.35. The molecule has 294 valence electrons. The van der Waals surface area contributed by atoms with Crippen molar-refractivity contribution in [3.05, 3.63) is 60.8 Å². The molecule has 11 nitrogen and oxygen atoms in total. The Morgan fingerprint density at radius 3 is 1.88 bits per heavy atom. The van der Waals surface area contributed by atoms with Gasteiger partial charge in [0.05, 0.1) is 25.9 Å². The summed E-state index contributed by atoms with van der Waals surface area (Å²) in [5.41, 5.74) is 0.